The summed E-state index contributed by atoms with van der Waals surface area (Å²) in [4.78, 5) is 21.4. The Kier molecular flexibility index (Phi) is 9.82. The van der Waals surface area contributed by atoms with E-state index in [1.165, 1.54) is 43.1 Å². The van der Waals surface area contributed by atoms with E-state index in [2.05, 4.69) is 255 Å². The lowest BCUT2D eigenvalue weighted by atomic mass is 9.93. The lowest BCUT2D eigenvalue weighted by Gasteiger charge is -2.15. The van der Waals surface area contributed by atoms with E-state index in [-0.39, 0.29) is 0 Å². The molecule has 0 aliphatic heterocycles. The maximum absolute atomic E-state index is 5.39. The van der Waals surface area contributed by atoms with Gasteiger partial charge in [-0.3, -0.25) is 0 Å². The van der Waals surface area contributed by atoms with Gasteiger partial charge in [0.2, 0.25) is 0 Å². The summed E-state index contributed by atoms with van der Waals surface area (Å²) in [6, 6.07) is 90.6. The van der Waals surface area contributed by atoms with Gasteiger partial charge in [-0.05, 0) is 112 Å². The van der Waals surface area contributed by atoms with E-state index in [0.717, 1.165) is 88.8 Å². The van der Waals surface area contributed by atoms with Gasteiger partial charge in [0.25, 0.3) is 0 Å². The third kappa shape index (κ3) is 7.33. The van der Waals surface area contributed by atoms with Crippen molar-refractivity contribution < 1.29 is 0 Å². The van der Waals surface area contributed by atoms with Crippen LogP contribution in [0.2, 0.25) is 0 Å². The Morgan fingerprint density at radius 2 is 0.458 bits per heavy atom. The van der Waals surface area contributed by atoms with Gasteiger partial charge in [0, 0.05) is 33.4 Å². The number of benzene rings is 12. The van der Waals surface area contributed by atoms with Crippen molar-refractivity contribution in [2.24, 2.45) is 0 Å². The fraction of sp³-hybridized carbons (Fsp3) is 0. The van der Waals surface area contributed by atoms with E-state index in [1.54, 1.807) is 0 Å². The smallest absolute Gasteiger partial charge is 0.160 e. The summed E-state index contributed by atoms with van der Waals surface area (Å²) >= 11 is 0. The molecular weight excluding hydrogens is 873 g/mol. The van der Waals surface area contributed by atoms with Crippen LogP contribution in [-0.2, 0) is 0 Å². The molecule has 4 nitrogen and oxygen atoms in total. The van der Waals surface area contributed by atoms with Gasteiger partial charge in [-0.1, -0.05) is 218 Å². The van der Waals surface area contributed by atoms with E-state index in [9.17, 15) is 0 Å². The molecule has 0 aliphatic rings. The van der Waals surface area contributed by atoms with Crippen molar-refractivity contribution in [3.8, 4) is 78.9 Å². The first-order valence-corrected chi connectivity index (χ1v) is 24.4. The Morgan fingerprint density at radius 3 is 0.819 bits per heavy atom. The molecule has 2 heterocycles. The van der Waals surface area contributed by atoms with E-state index in [1.807, 2.05) is 0 Å². The first-order chi connectivity index (χ1) is 35.6. The average molecular weight is 915 g/mol. The average Bonchev–Trinajstić information content (AvgIpc) is 3.45. The first-order valence-electron chi connectivity index (χ1n) is 24.4. The molecule has 72 heavy (non-hydrogen) atoms. The third-order valence-electron chi connectivity index (χ3n) is 14.2. The molecule has 0 radical (unpaired) electrons. The molecule has 2 aromatic heterocycles. The maximum Gasteiger partial charge on any atom is 0.160 e. The van der Waals surface area contributed by atoms with E-state index >= 15 is 0 Å². The van der Waals surface area contributed by atoms with E-state index in [4.69, 9.17) is 19.9 Å². The maximum atomic E-state index is 5.39. The molecule has 0 spiro atoms. The van der Waals surface area contributed by atoms with Crippen LogP contribution in [0.15, 0.2) is 255 Å². The Balaban J connectivity index is 0.863. The van der Waals surface area contributed by atoms with Crippen LogP contribution < -0.4 is 0 Å². The van der Waals surface area contributed by atoms with Crippen molar-refractivity contribution in [1.82, 2.24) is 19.9 Å². The van der Waals surface area contributed by atoms with Crippen LogP contribution in [0.1, 0.15) is 0 Å². The lowest BCUT2D eigenvalue weighted by molar-refractivity contribution is 1.19. The second-order valence-electron chi connectivity index (χ2n) is 18.6. The minimum Gasteiger partial charge on any atom is -0.228 e. The number of hydrogen-bond acceptors (Lipinski definition) is 4. The second-order valence-corrected chi connectivity index (χ2v) is 18.6. The molecular formula is C68H42N4. The van der Waals surface area contributed by atoms with Crippen molar-refractivity contribution in [2.45, 2.75) is 0 Å². The normalized spacial score (nSPS) is 11.6. The van der Waals surface area contributed by atoms with Crippen molar-refractivity contribution in [1.29, 1.82) is 0 Å². The number of aromatic nitrogens is 4. The fourth-order valence-electron chi connectivity index (χ4n) is 10.6. The molecule has 0 N–H and O–H groups in total. The predicted octanol–water partition coefficient (Wildman–Crippen LogP) is 17.9. The molecule has 14 rings (SSSR count). The molecule has 0 bridgehead atoms. The quantitative estimate of drug-likeness (QED) is 0.150. The van der Waals surface area contributed by atoms with Crippen LogP contribution in [0.4, 0.5) is 0 Å². The minimum atomic E-state index is 0.674. The molecule has 0 unspecified atom stereocenters. The number of hydrogen-bond donors (Lipinski definition) is 0. The summed E-state index contributed by atoms with van der Waals surface area (Å²) in [5.41, 5.74) is 11.9. The highest BCUT2D eigenvalue weighted by molar-refractivity contribution is 6.13. The highest BCUT2D eigenvalue weighted by Gasteiger charge is 2.19. The third-order valence-corrected chi connectivity index (χ3v) is 14.2. The van der Waals surface area contributed by atoms with Gasteiger partial charge in [0.05, 0.1) is 22.8 Å². The Labute approximate surface area is 416 Å². The Hall–Kier alpha value is -9.64. The van der Waals surface area contributed by atoms with Crippen molar-refractivity contribution in [3.05, 3.63) is 255 Å². The summed E-state index contributed by atoms with van der Waals surface area (Å²) < 4.78 is 0. The van der Waals surface area contributed by atoms with Crippen LogP contribution in [0.5, 0.6) is 0 Å². The van der Waals surface area contributed by atoms with Crippen LogP contribution in [0.3, 0.4) is 0 Å². The first kappa shape index (κ1) is 41.3. The van der Waals surface area contributed by atoms with Gasteiger partial charge >= 0.3 is 0 Å². The van der Waals surface area contributed by atoms with Gasteiger partial charge in [-0.2, -0.15) is 0 Å². The summed E-state index contributed by atoms with van der Waals surface area (Å²) in [7, 11) is 0. The molecule has 0 fully saturated rings. The highest BCUT2D eigenvalue weighted by Crippen LogP contribution is 2.41. The van der Waals surface area contributed by atoms with Gasteiger partial charge < -0.3 is 0 Å². The van der Waals surface area contributed by atoms with Crippen LogP contribution in [0.25, 0.3) is 144 Å². The second kappa shape index (κ2) is 17.1. The molecule has 12 aromatic carbocycles. The predicted molar refractivity (Wildman–Crippen MR) is 301 cm³/mol. The van der Waals surface area contributed by atoms with Crippen molar-refractivity contribution in [2.75, 3.05) is 0 Å². The number of nitrogens with zero attached hydrogens (tertiary/aromatic N) is 4. The zero-order valence-electron chi connectivity index (χ0n) is 39.0. The Bertz CT molecular complexity index is 4050. The summed E-state index contributed by atoms with van der Waals surface area (Å²) in [6.07, 6.45) is 0. The lowest BCUT2D eigenvalue weighted by Crippen LogP contribution is -1.97. The standard InChI is InChI=1S/C68H42N4/c1-3-15-49-37-55(35-29-43(49)13-1)61-41-63(65-57-21-9-5-17-51(57)39-52-18-6-10-22-58(52)65)71-67(69-61)47-31-25-45(26-32-47)46-27-33-48(34-28-46)68-70-62(56-36-30-44-14-2-4-16-50(44)38-56)42-64(72-68)66-59-23-11-7-19-53(59)40-54-20-8-12-24-60(54)66/h1-42H. The molecule has 14 aromatic rings. The molecule has 0 saturated heterocycles. The zero-order valence-corrected chi connectivity index (χ0v) is 39.0. The minimum absolute atomic E-state index is 0.674. The molecule has 0 atom stereocenters. The largest absolute Gasteiger partial charge is 0.228 e. The number of fused-ring (bicyclic) bond motifs is 6. The van der Waals surface area contributed by atoms with Gasteiger partial charge in [-0.25, -0.2) is 19.9 Å². The monoisotopic (exact) mass is 914 g/mol. The molecule has 0 saturated carbocycles. The van der Waals surface area contributed by atoms with Gasteiger partial charge in [-0.15, -0.1) is 0 Å². The SMILES string of the molecule is c1ccc2cc(-c3cc(-c4c5ccccc5cc5ccccc45)nc(-c4ccc(-c5ccc(-c6nc(-c7ccc8ccccc8c7)cc(-c7c8ccccc8cc8ccccc78)n6)cc5)cc4)n3)ccc2c1. The van der Waals surface area contributed by atoms with Crippen molar-refractivity contribution >= 4 is 64.6 Å². The zero-order chi connectivity index (χ0) is 47.5. The topological polar surface area (TPSA) is 51.6 Å². The molecule has 0 aliphatic carbocycles. The summed E-state index contributed by atoms with van der Waals surface area (Å²) in [5, 5.41) is 14.1. The van der Waals surface area contributed by atoms with E-state index < -0.39 is 0 Å². The van der Waals surface area contributed by atoms with Crippen LogP contribution in [-0.4, -0.2) is 19.9 Å². The summed E-state index contributed by atoms with van der Waals surface area (Å²) in [5.74, 6) is 1.35. The van der Waals surface area contributed by atoms with Gasteiger partial charge in [0.15, 0.2) is 11.6 Å². The molecule has 334 valence electrons. The van der Waals surface area contributed by atoms with Crippen LogP contribution >= 0.6 is 0 Å². The number of rotatable bonds is 7. The van der Waals surface area contributed by atoms with Crippen LogP contribution in [0, 0.1) is 0 Å². The Morgan fingerprint density at radius 1 is 0.181 bits per heavy atom. The van der Waals surface area contributed by atoms with E-state index in [0.29, 0.717) is 11.6 Å². The molecule has 4 heteroatoms. The fourth-order valence-corrected chi connectivity index (χ4v) is 10.6. The highest BCUT2D eigenvalue weighted by atomic mass is 14.9. The van der Waals surface area contributed by atoms with Crippen molar-refractivity contribution in [3.63, 3.8) is 0 Å². The molecule has 0 amide bonds. The van der Waals surface area contributed by atoms with Gasteiger partial charge in [0.1, 0.15) is 0 Å². The summed E-state index contributed by atoms with van der Waals surface area (Å²) in [6.45, 7) is 0.